The van der Waals surface area contributed by atoms with Gasteiger partial charge in [-0.1, -0.05) is 12.1 Å². The van der Waals surface area contributed by atoms with E-state index in [2.05, 4.69) is 27.0 Å². The Bertz CT molecular complexity index is 965. The predicted octanol–water partition coefficient (Wildman–Crippen LogP) is 2.63. The molecule has 2 aromatic rings. The van der Waals surface area contributed by atoms with Gasteiger partial charge in [0.15, 0.2) is 11.5 Å². The van der Waals surface area contributed by atoms with Crippen molar-refractivity contribution in [1.29, 1.82) is 0 Å². The van der Waals surface area contributed by atoms with Crippen molar-refractivity contribution < 1.29 is 14.3 Å². The number of carbonyl (C=O) groups excluding carboxylic acids is 1. The molecule has 0 atom stereocenters. The van der Waals surface area contributed by atoms with Gasteiger partial charge in [0.05, 0.1) is 12.3 Å². The molecule has 1 fully saturated rings. The number of aromatic nitrogens is 2. The van der Waals surface area contributed by atoms with Gasteiger partial charge in [-0.15, -0.1) is 0 Å². The summed E-state index contributed by atoms with van der Waals surface area (Å²) in [5.41, 5.74) is 8.59. The molecule has 1 amide bonds. The summed E-state index contributed by atoms with van der Waals surface area (Å²) in [6.45, 7) is 8.93. The summed E-state index contributed by atoms with van der Waals surface area (Å²) in [4.78, 5) is 28.8. The Morgan fingerprint density at radius 1 is 1.17 bits per heavy atom. The smallest absolute Gasteiger partial charge is 0.409 e. The van der Waals surface area contributed by atoms with E-state index in [1.807, 2.05) is 32.9 Å². The molecule has 2 N–H and O–H groups in total. The molecular formula is C21H26N6O3. The Balaban J connectivity index is 1.52. The van der Waals surface area contributed by atoms with Crippen LogP contribution in [0.25, 0.3) is 0 Å². The molecule has 0 unspecified atom stereocenters. The fourth-order valence-corrected chi connectivity index (χ4v) is 3.70. The van der Waals surface area contributed by atoms with Crippen LogP contribution in [-0.2, 0) is 4.74 Å². The largest absolute Gasteiger partial charge is 0.463 e. The number of ether oxygens (including phenoxy) is 2. The van der Waals surface area contributed by atoms with Gasteiger partial charge in [-0.25, -0.2) is 14.8 Å². The summed E-state index contributed by atoms with van der Waals surface area (Å²) in [7, 11) is 0. The van der Waals surface area contributed by atoms with Gasteiger partial charge in [-0.2, -0.15) is 4.98 Å². The lowest BCUT2D eigenvalue weighted by Crippen LogP contribution is -2.49. The first kappa shape index (κ1) is 19.9. The molecule has 158 valence electrons. The van der Waals surface area contributed by atoms with Gasteiger partial charge in [-0.3, -0.25) is 0 Å². The lowest BCUT2D eigenvalue weighted by atomic mass is 9.94. The Morgan fingerprint density at radius 2 is 1.87 bits per heavy atom. The van der Waals surface area contributed by atoms with Crippen molar-refractivity contribution in [2.24, 2.45) is 4.99 Å². The topological polar surface area (TPSA) is 106 Å². The molecule has 2 aliphatic heterocycles. The zero-order chi connectivity index (χ0) is 21.3. The number of anilines is 2. The number of piperazine rings is 1. The van der Waals surface area contributed by atoms with E-state index in [1.165, 1.54) is 6.33 Å². The first-order chi connectivity index (χ1) is 14.4. The Kier molecular flexibility index (Phi) is 5.19. The third-order valence-electron chi connectivity index (χ3n) is 5.27. The average molecular weight is 410 g/mol. The first-order valence-corrected chi connectivity index (χ1v) is 10.0. The number of fused-ring (bicyclic) bond motifs is 1. The maximum Gasteiger partial charge on any atom is 0.409 e. The quantitative estimate of drug-likeness (QED) is 0.829. The Morgan fingerprint density at radius 3 is 2.53 bits per heavy atom. The lowest BCUT2D eigenvalue weighted by molar-refractivity contribution is 0.105. The third kappa shape index (κ3) is 3.74. The maximum atomic E-state index is 11.9. The number of hydrogen-bond donors (Lipinski definition) is 1. The van der Waals surface area contributed by atoms with E-state index in [0.717, 1.165) is 30.1 Å². The molecule has 0 bridgehead atoms. The van der Waals surface area contributed by atoms with Gasteiger partial charge in [0.2, 0.25) is 5.88 Å². The van der Waals surface area contributed by atoms with Crippen LogP contribution in [-0.4, -0.2) is 65.1 Å². The van der Waals surface area contributed by atoms with Crippen LogP contribution in [0.2, 0.25) is 0 Å². The molecule has 0 spiro atoms. The molecule has 1 aromatic carbocycles. The van der Waals surface area contributed by atoms with E-state index >= 15 is 0 Å². The van der Waals surface area contributed by atoms with Crippen molar-refractivity contribution in [2.75, 3.05) is 43.4 Å². The van der Waals surface area contributed by atoms with Crippen molar-refractivity contribution in [3.63, 3.8) is 0 Å². The minimum absolute atomic E-state index is 0.242. The molecule has 1 saturated heterocycles. The highest BCUT2D eigenvalue weighted by atomic mass is 16.6. The van der Waals surface area contributed by atoms with Crippen molar-refractivity contribution in [2.45, 2.75) is 26.4 Å². The first-order valence-electron chi connectivity index (χ1n) is 10.0. The Labute approximate surface area is 175 Å². The number of nitrogen functional groups attached to an aromatic ring is 1. The van der Waals surface area contributed by atoms with Gasteiger partial charge in [0.1, 0.15) is 11.9 Å². The second-order valence-corrected chi connectivity index (χ2v) is 7.71. The zero-order valence-corrected chi connectivity index (χ0v) is 17.5. The highest BCUT2D eigenvalue weighted by molar-refractivity contribution is 6.09. The fraction of sp³-hybridized carbons (Fsp3) is 0.429. The number of benzene rings is 1. The van der Waals surface area contributed by atoms with E-state index < -0.39 is 5.60 Å². The molecule has 3 heterocycles. The Hall–Kier alpha value is -3.36. The van der Waals surface area contributed by atoms with Gasteiger partial charge in [0.25, 0.3) is 0 Å². The molecule has 0 saturated carbocycles. The van der Waals surface area contributed by atoms with Crippen LogP contribution >= 0.6 is 0 Å². The maximum absolute atomic E-state index is 11.9. The average Bonchev–Trinajstić information content (AvgIpc) is 2.73. The van der Waals surface area contributed by atoms with Crippen LogP contribution < -0.4 is 15.4 Å². The second kappa shape index (κ2) is 7.81. The van der Waals surface area contributed by atoms with Crippen LogP contribution in [0.3, 0.4) is 0 Å². The number of amides is 1. The van der Waals surface area contributed by atoms with E-state index in [1.54, 1.807) is 4.90 Å². The zero-order valence-electron chi connectivity index (χ0n) is 17.5. The van der Waals surface area contributed by atoms with E-state index in [0.29, 0.717) is 37.1 Å². The van der Waals surface area contributed by atoms with Crippen molar-refractivity contribution in [3.8, 4) is 5.88 Å². The molecule has 4 rings (SSSR count). The molecule has 2 aliphatic rings. The van der Waals surface area contributed by atoms with Crippen LogP contribution in [0, 0.1) is 0 Å². The molecule has 30 heavy (non-hydrogen) atoms. The normalized spacial score (nSPS) is 17.6. The number of aliphatic imine (C=N–C) groups is 1. The van der Waals surface area contributed by atoms with Gasteiger partial charge in [-0.05, 0) is 32.9 Å². The van der Waals surface area contributed by atoms with E-state index in [-0.39, 0.29) is 6.09 Å². The van der Waals surface area contributed by atoms with Gasteiger partial charge in [0, 0.05) is 37.4 Å². The molecular weight excluding hydrogens is 384 g/mol. The highest BCUT2D eigenvalue weighted by Crippen LogP contribution is 2.39. The summed E-state index contributed by atoms with van der Waals surface area (Å²) in [5.74, 6) is 0.691. The monoisotopic (exact) mass is 410 g/mol. The molecule has 9 heteroatoms. The number of hydrogen-bond acceptors (Lipinski definition) is 8. The summed E-state index contributed by atoms with van der Waals surface area (Å²) >= 11 is 0. The van der Waals surface area contributed by atoms with Crippen molar-refractivity contribution in [3.05, 3.63) is 36.2 Å². The lowest BCUT2D eigenvalue weighted by Gasteiger charge is -2.35. The SMILES string of the molecule is CCOC(=O)N1CCN(c2ccc(C3=Nc4c(N)ncnc4OC3(C)C)cc2)CC1. The molecule has 9 nitrogen and oxygen atoms in total. The summed E-state index contributed by atoms with van der Waals surface area (Å²) in [6, 6.07) is 8.19. The number of rotatable bonds is 3. The van der Waals surface area contributed by atoms with Crippen LogP contribution in [0.1, 0.15) is 26.3 Å². The van der Waals surface area contributed by atoms with Crippen LogP contribution in [0.5, 0.6) is 5.88 Å². The van der Waals surface area contributed by atoms with Gasteiger partial charge < -0.3 is 25.0 Å². The minimum Gasteiger partial charge on any atom is -0.463 e. The summed E-state index contributed by atoms with van der Waals surface area (Å²) in [5, 5.41) is 0. The van der Waals surface area contributed by atoms with Crippen LogP contribution in [0.4, 0.5) is 22.0 Å². The van der Waals surface area contributed by atoms with E-state index in [4.69, 9.17) is 20.2 Å². The molecule has 0 radical (unpaired) electrons. The number of carbonyl (C=O) groups is 1. The fourth-order valence-electron chi connectivity index (χ4n) is 3.70. The third-order valence-corrected chi connectivity index (χ3v) is 5.27. The predicted molar refractivity (Wildman–Crippen MR) is 115 cm³/mol. The summed E-state index contributed by atoms with van der Waals surface area (Å²) in [6.07, 6.45) is 1.13. The van der Waals surface area contributed by atoms with Crippen LogP contribution in [0.15, 0.2) is 35.6 Å². The van der Waals surface area contributed by atoms with E-state index in [9.17, 15) is 4.79 Å². The number of nitrogens with two attached hydrogens (primary N) is 1. The van der Waals surface area contributed by atoms with Crippen molar-refractivity contribution >= 4 is 29.0 Å². The number of nitrogens with zero attached hydrogens (tertiary/aromatic N) is 5. The standard InChI is InChI=1S/C21H26N6O3/c1-4-29-20(28)27-11-9-26(10-12-27)15-7-5-14(6-8-15)17-21(2,3)30-19-16(25-17)18(22)23-13-24-19/h5-8,13H,4,9-12H2,1-3H3,(H2,22,23,24). The second-order valence-electron chi connectivity index (χ2n) is 7.71. The summed E-state index contributed by atoms with van der Waals surface area (Å²) < 4.78 is 11.1. The molecule has 0 aliphatic carbocycles. The van der Waals surface area contributed by atoms with Crippen molar-refractivity contribution in [1.82, 2.24) is 14.9 Å². The minimum atomic E-state index is -0.652. The molecule has 1 aromatic heterocycles. The highest BCUT2D eigenvalue weighted by Gasteiger charge is 2.35. The van der Waals surface area contributed by atoms with Gasteiger partial charge >= 0.3 is 6.09 Å².